The first-order valence-electron chi connectivity index (χ1n) is 5.75. The van der Waals surface area contributed by atoms with E-state index < -0.39 is 5.97 Å². The summed E-state index contributed by atoms with van der Waals surface area (Å²) in [5.41, 5.74) is -0.0135. The lowest BCUT2D eigenvalue weighted by Gasteiger charge is -2.33. The third-order valence-electron chi connectivity index (χ3n) is 2.63. The molecule has 3 nitrogen and oxygen atoms in total. The number of rotatable bonds is 6. The molecule has 0 heterocycles. The van der Waals surface area contributed by atoms with Crippen molar-refractivity contribution in [1.82, 2.24) is 5.32 Å². The standard InChI is InChI=1S/C12H25NO2/c1-6-7-9(2)13-10(8-11(14)15)12(3,4)5/h9-10,13H,6-8H2,1-5H3,(H,14,15). The Morgan fingerprint density at radius 2 is 1.93 bits per heavy atom. The number of carbonyl (C=O) groups is 1. The Morgan fingerprint density at radius 1 is 1.40 bits per heavy atom. The predicted molar refractivity (Wildman–Crippen MR) is 63.0 cm³/mol. The molecule has 0 aromatic rings. The fraction of sp³-hybridized carbons (Fsp3) is 0.917. The summed E-state index contributed by atoms with van der Waals surface area (Å²) in [6.07, 6.45) is 2.40. The van der Waals surface area contributed by atoms with Crippen LogP contribution in [-0.2, 0) is 4.79 Å². The van der Waals surface area contributed by atoms with Crippen LogP contribution in [0.5, 0.6) is 0 Å². The lowest BCUT2D eigenvalue weighted by Crippen LogP contribution is -2.46. The van der Waals surface area contributed by atoms with Crippen LogP contribution in [0.2, 0.25) is 0 Å². The van der Waals surface area contributed by atoms with Crippen LogP contribution >= 0.6 is 0 Å². The van der Waals surface area contributed by atoms with Crippen LogP contribution in [0.25, 0.3) is 0 Å². The molecule has 0 spiro atoms. The molecular weight excluding hydrogens is 190 g/mol. The summed E-state index contributed by atoms with van der Waals surface area (Å²) in [5.74, 6) is -0.730. The van der Waals surface area contributed by atoms with Crippen LogP contribution in [0, 0.1) is 5.41 Å². The molecule has 2 atom stereocenters. The Labute approximate surface area is 93.3 Å². The molecule has 0 fully saturated rings. The summed E-state index contributed by atoms with van der Waals surface area (Å²) >= 11 is 0. The summed E-state index contributed by atoms with van der Waals surface area (Å²) in [7, 11) is 0. The van der Waals surface area contributed by atoms with Crippen molar-refractivity contribution in [2.24, 2.45) is 5.41 Å². The van der Waals surface area contributed by atoms with Crippen molar-refractivity contribution in [1.29, 1.82) is 0 Å². The molecule has 0 aliphatic rings. The SMILES string of the molecule is CCCC(C)NC(CC(=O)O)C(C)(C)C. The van der Waals surface area contributed by atoms with Gasteiger partial charge in [-0.15, -0.1) is 0 Å². The molecule has 0 aromatic heterocycles. The summed E-state index contributed by atoms with van der Waals surface area (Å²) < 4.78 is 0. The number of hydrogen-bond donors (Lipinski definition) is 2. The van der Waals surface area contributed by atoms with E-state index in [-0.39, 0.29) is 17.9 Å². The van der Waals surface area contributed by atoms with Crippen molar-refractivity contribution in [2.45, 2.75) is 66.0 Å². The minimum atomic E-state index is -0.730. The van der Waals surface area contributed by atoms with E-state index in [1.807, 2.05) is 0 Å². The summed E-state index contributed by atoms with van der Waals surface area (Å²) in [6, 6.07) is 0.426. The van der Waals surface area contributed by atoms with Crippen LogP contribution in [0.15, 0.2) is 0 Å². The maximum Gasteiger partial charge on any atom is 0.304 e. The van der Waals surface area contributed by atoms with Crippen molar-refractivity contribution < 1.29 is 9.90 Å². The monoisotopic (exact) mass is 215 g/mol. The first-order valence-corrected chi connectivity index (χ1v) is 5.75. The highest BCUT2D eigenvalue weighted by atomic mass is 16.4. The average Bonchev–Trinajstić information content (AvgIpc) is 2.00. The lowest BCUT2D eigenvalue weighted by atomic mass is 9.84. The largest absolute Gasteiger partial charge is 0.481 e. The Kier molecular flexibility index (Phi) is 5.88. The average molecular weight is 215 g/mol. The van der Waals surface area contributed by atoms with Gasteiger partial charge in [0, 0.05) is 12.1 Å². The quantitative estimate of drug-likeness (QED) is 0.716. The van der Waals surface area contributed by atoms with E-state index in [1.54, 1.807) is 0 Å². The van der Waals surface area contributed by atoms with Gasteiger partial charge >= 0.3 is 5.97 Å². The van der Waals surface area contributed by atoms with E-state index in [0.717, 1.165) is 12.8 Å². The van der Waals surface area contributed by atoms with Crippen LogP contribution in [-0.4, -0.2) is 23.2 Å². The van der Waals surface area contributed by atoms with E-state index in [2.05, 4.69) is 39.9 Å². The minimum Gasteiger partial charge on any atom is -0.481 e. The van der Waals surface area contributed by atoms with Crippen molar-refractivity contribution in [3.05, 3.63) is 0 Å². The Hall–Kier alpha value is -0.570. The van der Waals surface area contributed by atoms with E-state index >= 15 is 0 Å². The maximum absolute atomic E-state index is 10.8. The van der Waals surface area contributed by atoms with Crippen molar-refractivity contribution in [2.75, 3.05) is 0 Å². The summed E-state index contributed by atoms with van der Waals surface area (Å²) in [4.78, 5) is 10.8. The fourth-order valence-electron chi connectivity index (χ4n) is 1.65. The van der Waals surface area contributed by atoms with Crippen LogP contribution in [0.4, 0.5) is 0 Å². The fourth-order valence-corrected chi connectivity index (χ4v) is 1.65. The Morgan fingerprint density at radius 3 is 2.27 bits per heavy atom. The van der Waals surface area contributed by atoms with Gasteiger partial charge in [0.15, 0.2) is 0 Å². The molecule has 2 unspecified atom stereocenters. The highest BCUT2D eigenvalue weighted by Gasteiger charge is 2.27. The maximum atomic E-state index is 10.8. The number of nitrogens with one attached hydrogen (secondary N) is 1. The molecule has 0 saturated heterocycles. The smallest absolute Gasteiger partial charge is 0.304 e. The third-order valence-corrected chi connectivity index (χ3v) is 2.63. The molecule has 0 aromatic carbocycles. The van der Waals surface area contributed by atoms with Gasteiger partial charge in [-0.3, -0.25) is 4.79 Å². The van der Waals surface area contributed by atoms with Gasteiger partial charge in [-0.25, -0.2) is 0 Å². The van der Waals surface area contributed by atoms with Gasteiger partial charge in [-0.2, -0.15) is 0 Å². The van der Waals surface area contributed by atoms with Crippen LogP contribution in [0.1, 0.15) is 53.9 Å². The topological polar surface area (TPSA) is 49.3 Å². The molecule has 0 bridgehead atoms. The van der Waals surface area contributed by atoms with E-state index in [1.165, 1.54) is 0 Å². The van der Waals surface area contributed by atoms with Crippen LogP contribution in [0.3, 0.4) is 0 Å². The van der Waals surface area contributed by atoms with Crippen molar-refractivity contribution >= 4 is 5.97 Å². The van der Waals surface area contributed by atoms with Gasteiger partial charge in [0.2, 0.25) is 0 Å². The van der Waals surface area contributed by atoms with Gasteiger partial charge in [0.25, 0.3) is 0 Å². The number of hydrogen-bond acceptors (Lipinski definition) is 2. The van der Waals surface area contributed by atoms with Gasteiger partial charge in [-0.1, -0.05) is 34.1 Å². The molecule has 0 saturated carbocycles. The highest BCUT2D eigenvalue weighted by Crippen LogP contribution is 2.22. The second-order valence-corrected chi connectivity index (χ2v) is 5.37. The normalized spacial score (nSPS) is 16.1. The molecular formula is C12H25NO2. The predicted octanol–water partition coefficient (Wildman–Crippen LogP) is 2.65. The number of carboxylic acid groups (broad SMARTS) is 1. The molecule has 3 heteroatoms. The molecule has 15 heavy (non-hydrogen) atoms. The zero-order valence-electron chi connectivity index (χ0n) is 10.6. The molecule has 0 amide bonds. The summed E-state index contributed by atoms with van der Waals surface area (Å²) in [5, 5.41) is 12.3. The third kappa shape index (κ3) is 6.50. The van der Waals surface area contributed by atoms with Gasteiger partial charge < -0.3 is 10.4 Å². The molecule has 0 aliphatic heterocycles. The molecule has 0 rings (SSSR count). The Bertz CT molecular complexity index is 196. The van der Waals surface area contributed by atoms with Gasteiger partial charge in [0.1, 0.15) is 0 Å². The minimum absolute atomic E-state index is 0.0135. The van der Waals surface area contributed by atoms with E-state index in [4.69, 9.17) is 5.11 Å². The van der Waals surface area contributed by atoms with E-state index in [9.17, 15) is 4.79 Å². The molecule has 0 aliphatic carbocycles. The first-order chi connectivity index (χ1) is 6.77. The second kappa shape index (κ2) is 6.11. The highest BCUT2D eigenvalue weighted by molar-refractivity contribution is 5.67. The van der Waals surface area contributed by atoms with Gasteiger partial charge in [-0.05, 0) is 18.8 Å². The zero-order valence-corrected chi connectivity index (χ0v) is 10.6. The van der Waals surface area contributed by atoms with Gasteiger partial charge in [0.05, 0.1) is 6.42 Å². The first kappa shape index (κ1) is 14.4. The molecule has 2 N–H and O–H groups in total. The lowest BCUT2D eigenvalue weighted by molar-refractivity contribution is -0.138. The Balaban J connectivity index is 4.31. The number of aliphatic carboxylic acids is 1. The van der Waals surface area contributed by atoms with E-state index in [0.29, 0.717) is 6.04 Å². The van der Waals surface area contributed by atoms with Crippen molar-refractivity contribution in [3.8, 4) is 0 Å². The van der Waals surface area contributed by atoms with Crippen molar-refractivity contribution in [3.63, 3.8) is 0 Å². The second-order valence-electron chi connectivity index (χ2n) is 5.37. The summed E-state index contributed by atoms with van der Waals surface area (Å²) in [6.45, 7) is 10.5. The number of carboxylic acids is 1. The molecule has 90 valence electrons. The zero-order chi connectivity index (χ0) is 12.1. The van der Waals surface area contributed by atoms with Crippen LogP contribution < -0.4 is 5.32 Å². The molecule has 0 radical (unpaired) electrons.